The van der Waals surface area contributed by atoms with Crippen molar-refractivity contribution in [3.63, 3.8) is 0 Å². The number of rotatable bonds is 7. The van der Waals surface area contributed by atoms with E-state index in [4.69, 9.17) is 0 Å². The Balaban J connectivity index is 2.49. The van der Waals surface area contributed by atoms with Gasteiger partial charge < -0.3 is 10.6 Å². The van der Waals surface area contributed by atoms with E-state index in [1.54, 1.807) is 0 Å². The van der Waals surface area contributed by atoms with E-state index in [0.717, 1.165) is 6.42 Å². The van der Waals surface area contributed by atoms with Crippen LogP contribution in [0.5, 0.6) is 0 Å². The number of carbonyl (C=O) groups is 1. The lowest BCUT2D eigenvalue weighted by Gasteiger charge is -2.26. The highest BCUT2D eigenvalue weighted by atomic mass is 16.2. The van der Waals surface area contributed by atoms with E-state index in [1.807, 2.05) is 20.8 Å². The quantitative estimate of drug-likeness (QED) is 0.805. The van der Waals surface area contributed by atoms with Crippen LogP contribution in [-0.2, 0) is 11.3 Å². The minimum Gasteiger partial charge on any atom is -0.350 e. The first kappa shape index (κ1) is 17.7. The van der Waals surface area contributed by atoms with E-state index < -0.39 is 0 Å². The van der Waals surface area contributed by atoms with Gasteiger partial charge in [-0.15, -0.1) is 0 Å². The molecule has 21 heavy (non-hydrogen) atoms. The van der Waals surface area contributed by atoms with Crippen molar-refractivity contribution in [1.82, 2.24) is 10.6 Å². The zero-order chi connectivity index (χ0) is 16.0. The molecule has 0 saturated carbocycles. The topological polar surface area (TPSA) is 41.1 Å². The summed E-state index contributed by atoms with van der Waals surface area (Å²) >= 11 is 0. The molecule has 1 aromatic rings. The van der Waals surface area contributed by atoms with Crippen molar-refractivity contribution in [2.24, 2.45) is 0 Å². The first-order valence-electron chi connectivity index (χ1n) is 7.89. The molecule has 2 N–H and O–H groups in total. The van der Waals surface area contributed by atoms with E-state index in [9.17, 15) is 4.79 Å². The minimum absolute atomic E-state index is 0.0562. The second-order valence-corrected chi connectivity index (χ2v) is 6.73. The summed E-state index contributed by atoms with van der Waals surface area (Å²) in [6.07, 6.45) is 0.919. The van der Waals surface area contributed by atoms with Crippen LogP contribution in [0.1, 0.15) is 65.0 Å². The van der Waals surface area contributed by atoms with Crippen molar-refractivity contribution in [1.29, 1.82) is 0 Å². The summed E-state index contributed by atoms with van der Waals surface area (Å²) in [5, 5.41) is 6.35. The monoisotopic (exact) mass is 290 g/mol. The molecule has 3 nitrogen and oxygen atoms in total. The van der Waals surface area contributed by atoms with Gasteiger partial charge in [-0.25, -0.2) is 0 Å². The van der Waals surface area contributed by atoms with Crippen molar-refractivity contribution in [3.8, 4) is 0 Å². The molecule has 0 aromatic heterocycles. The Labute approximate surface area is 129 Å². The van der Waals surface area contributed by atoms with Crippen molar-refractivity contribution in [2.75, 3.05) is 0 Å². The minimum atomic E-state index is -0.194. The lowest BCUT2D eigenvalue weighted by Crippen LogP contribution is -2.50. The number of hydrogen-bond acceptors (Lipinski definition) is 2. The predicted octanol–water partition coefficient (Wildman–Crippen LogP) is 3.59. The van der Waals surface area contributed by atoms with Crippen LogP contribution in [-0.4, -0.2) is 17.5 Å². The van der Waals surface area contributed by atoms with Gasteiger partial charge in [-0.2, -0.15) is 0 Å². The third-order valence-electron chi connectivity index (χ3n) is 4.00. The normalized spacial score (nSPS) is 13.3. The predicted molar refractivity (Wildman–Crippen MR) is 89.3 cm³/mol. The van der Waals surface area contributed by atoms with Crippen LogP contribution in [0, 0.1) is 0 Å². The molecule has 0 bridgehead atoms. The maximum atomic E-state index is 12.1. The first-order valence-corrected chi connectivity index (χ1v) is 7.89. The Bertz CT molecular complexity index is 449. The summed E-state index contributed by atoms with van der Waals surface area (Å²) in [7, 11) is 0. The molecule has 0 aliphatic heterocycles. The molecule has 1 amide bonds. The van der Waals surface area contributed by atoms with Crippen LogP contribution in [0.15, 0.2) is 24.3 Å². The van der Waals surface area contributed by atoms with E-state index in [-0.39, 0.29) is 17.5 Å². The Morgan fingerprint density at radius 3 is 2.19 bits per heavy atom. The van der Waals surface area contributed by atoms with Crippen LogP contribution < -0.4 is 10.6 Å². The summed E-state index contributed by atoms with van der Waals surface area (Å²) in [5.74, 6) is 0.605. The fourth-order valence-electron chi connectivity index (χ4n) is 1.91. The summed E-state index contributed by atoms with van der Waals surface area (Å²) in [6.45, 7) is 13.2. The molecular formula is C18H30N2O. The lowest BCUT2D eigenvalue weighted by molar-refractivity contribution is -0.124. The van der Waals surface area contributed by atoms with Gasteiger partial charge in [0.15, 0.2) is 0 Å². The first-order chi connectivity index (χ1) is 9.75. The molecule has 0 saturated heterocycles. The van der Waals surface area contributed by atoms with Gasteiger partial charge in [0, 0.05) is 12.1 Å². The van der Waals surface area contributed by atoms with Crippen molar-refractivity contribution in [2.45, 2.75) is 72.0 Å². The average Bonchev–Trinajstić information content (AvgIpc) is 2.44. The highest BCUT2D eigenvalue weighted by molar-refractivity contribution is 5.81. The number of carbonyl (C=O) groups excluding carboxylic acids is 1. The standard InChI is InChI=1S/C18H30N2O/c1-7-18(5,6)20-17(21)14(4)19-12-15-8-10-16(11-9-15)13(2)3/h8-11,13-14,19H,7,12H2,1-6H3,(H,20,21). The summed E-state index contributed by atoms with van der Waals surface area (Å²) in [4.78, 5) is 12.1. The molecule has 3 heteroatoms. The van der Waals surface area contributed by atoms with Gasteiger partial charge in [0.2, 0.25) is 5.91 Å². The molecule has 0 heterocycles. The van der Waals surface area contributed by atoms with Crippen LogP contribution >= 0.6 is 0 Å². The van der Waals surface area contributed by atoms with Gasteiger partial charge in [-0.05, 0) is 44.2 Å². The Kier molecular flexibility index (Phi) is 6.41. The lowest BCUT2D eigenvalue weighted by atomic mass is 10.0. The molecule has 118 valence electrons. The van der Waals surface area contributed by atoms with E-state index >= 15 is 0 Å². The van der Waals surface area contributed by atoms with E-state index in [2.05, 4.69) is 55.7 Å². The number of amides is 1. The molecular weight excluding hydrogens is 260 g/mol. The highest BCUT2D eigenvalue weighted by Gasteiger charge is 2.21. The van der Waals surface area contributed by atoms with Gasteiger partial charge >= 0.3 is 0 Å². The smallest absolute Gasteiger partial charge is 0.237 e. The zero-order valence-electron chi connectivity index (χ0n) is 14.3. The SMILES string of the molecule is CCC(C)(C)NC(=O)C(C)NCc1ccc(C(C)C)cc1. The summed E-state index contributed by atoms with van der Waals surface area (Å²) in [6, 6.07) is 8.38. The molecule has 0 aliphatic rings. The Morgan fingerprint density at radius 1 is 1.14 bits per heavy atom. The molecule has 1 aromatic carbocycles. The van der Waals surface area contributed by atoms with Crippen molar-refractivity contribution < 1.29 is 4.79 Å². The molecule has 1 atom stereocenters. The second-order valence-electron chi connectivity index (χ2n) is 6.73. The number of nitrogens with one attached hydrogen (secondary N) is 2. The maximum absolute atomic E-state index is 12.1. The molecule has 1 rings (SSSR count). The van der Waals surface area contributed by atoms with Crippen LogP contribution in [0.3, 0.4) is 0 Å². The van der Waals surface area contributed by atoms with Gasteiger partial charge in [-0.1, -0.05) is 45.0 Å². The Hall–Kier alpha value is -1.35. The van der Waals surface area contributed by atoms with Gasteiger partial charge in [0.25, 0.3) is 0 Å². The second kappa shape index (κ2) is 7.60. The molecule has 0 aliphatic carbocycles. The molecule has 1 unspecified atom stereocenters. The summed E-state index contributed by atoms with van der Waals surface area (Å²) < 4.78 is 0. The third-order valence-corrected chi connectivity index (χ3v) is 4.00. The van der Waals surface area contributed by atoms with Gasteiger partial charge in [0.1, 0.15) is 0 Å². The highest BCUT2D eigenvalue weighted by Crippen LogP contribution is 2.14. The average molecular weight is 290 g/mol. The van der Waals surface area contributed by atoms with Gasteiger partial charge in [-0.3, -0.25) is 4.79 Å². The fraction of sp³-hybridized carbons (Fsp3) is 0.611. The Morgan fingerprint density at radius 2 is 1.71 bits per heavy atom. The third kappa shape index (κ3) is 5.88. The zero-order valence-corrected chi connectivity index (χ0v) is 14.3. The molecule has 0 radical (unpaired) electrons. The van der Waals surface area contributed by atoms with E-state index in [1.165, 1.54) is 11.1 Å². The number of benzene rings is 1. The van der Waals surface area contributed by atoms with Crippen LogP contribution in [0.25, 0.3) is 0 Å². The molecule has 0 spiro atoms. The van der Waals surface area contributed by atoms with Gasteiger partial charge in [0.05, 0.1) is 6.04 Å². The number of hydrogen-bond donors (Lipinski definition) is 2. The van der Waals surface area contributed by atoms with Crippen LogP contribution in [0.2, 0.25) is 0 Å². The molecule has 0 fully saturated rings. The largest absolute Gasteiger partial charge is 0.350 e. The fourth-order valence-corrected chi connectivity index (χ4v) is 1.91. The summed E-state index contributed by atoms with van der Waals surface area (Å²) in [5.41, 5.74) is 2.40. The van der Waals surface area contributed by atoms with Crippen molar-refractivity contribution in [3.05, 3.63) is 35.4 Å². The van der Waals surface area contributed by atoms with Crippen LogP contribution in [0.4, 0.5) is 0 Å². The van der Waals surface area contributed by atoms with E-state index in [0.29, 0.717) is 12.5 Å². The maximum Gasteiger partial charge on any atom is 0.237 e. The van der Waals surface area contributed by atoms with Crippen molar-refractivity contribution >= 4 is 5.91 Å².